The molecule has 6 nitrogen and oxygen atoms in total. The van der Waals surface area contributed by atoms with E-state index in [1.165, 1.54) is 0 Å². The number of hydrogen-bond donors (Lipinski definition) is 2. The van der Waals surface area contributed by atoms with Gasteiger partial charge >= 0.3 is 0 Å². The van der Waals surface area contributed by atoms with Crippen LogP contribution >= 0.6 is 35.4 Å². The van der Waals surface area contributed by atoms with E-state index in [9.17, 15) is 4.79 Å². The number of benzene rings is 2. The molecule has 0 aliphatic carbocycles. The summed E-state index contributed by atoms with van der Waals surface area (Å²) in [6.07, 6.45) is 4.00. The standard InChI is InChI=1S/C28H25Cl2N5OS/c1-18-7-10-20(11-8-18)32-25(36)13-16-35-27(26(33-28(35)37)22-5-2-3-14-31-22)24-6-4-15-34(24)23-12-9-19(29)17-21(23)30/h2-12,14-15,17,26-27H,13,16H2,1H3,(H,32,36)(H,33,37)/t26-,27+/m0/s1. The molecule has 188 valence electrons. The molecule has 5 rings (SSSR count). The molecule has 9 heteroatoms. The Hall–Kier alpha value is -3.39. The van der Waals surface area contributed by atoms with Crippen LogP contribution in [0.3, 0.4) is 0 Å². The normalized spacial score (nSPS) is 17.1. The molecule has 4 aromatic rings. The molecule has 0 saturated carbocycles. The molecule has 3 heterocycles. The van der Waals surface area contributed by atoms with Crippen molar-refractivity contribution in [3.8, 4) is 5.69 Å². The minimum atomic E-state index is -0.226. The number of thiocarbonyl (C=S) groups is 1. The van der Waals surface area contributed by atoms with Gasteiger partial charge in [0.2, 0.25) is 5.91 Å². The highest BCUT2D eigenvalue weighted by Gasteiger charge is 2.41. The van der Waals surface area contributed by atoms with E-state index in [0.717, 1.165) is 28.3 Å². The van der Waals surface area contributed by atoms with E-state index in [4.69, 9.17) is 35.4 Å². The molecule has 1 saturated heterocycles. The van der Waals surface area contributed by atoms with Crippen LogP contribution in [0.25, 0.3) is 5.69 Å². The maximum atomic E-state index is 12.8. The first-order valence-corrected chi connectivity index (χ1v) is 13.0. The number of halogens is 2. The van der Waals surface area contributed by atoms with Crippen LogP contribution in [-0.4, -0.2) is 32.0 Å². The second-order valence-corrected chi connectivity index (χ2v) is 10.1. The molecule has 0 spiro atoms. The summed E-state index contributed by atoms with van der Waals surface area (Å²) in [7, 11) is 0. The predicted molar refractivity (Wildman–Crippen MR) is 152 cm³/mol. The fourth-order valence-corrected chi connectivity index (χ4v) is 5.41. The molecule has 0 unspecified atom stereocenters. The van der Waals surface area contributed by atoms with Crippen LogP contribution in [0.4, 0.5) is 5.69 Å². The third-order valence-corrected chi connectivity index (χ3v) is 7.26. The lowest BCUT2D eigenvalue weighted by molar-refractivity contribution is -0.116. The van der Waals surface area contributed by atoms with Crippen LogP contribution in [0.15, 0.2) is 85.2 Å². The molecular weight excluding hydrogens is 525 g/mol. The molecule has 2 aromatic heterocycles. The van der Waals surface area contributed by atoms with Crippen molar-refractivity contribution >= 4 is 52.1 Å². The Labute approximate surface area is 231 Å². The van der Waals surface area contributed by atoms with Crippen molar-refractivity contribution in [2.24, 2.45) is 0 Å². The van der Waals surface area contributed by atoms with E-state index in [-0.39, 0.29) is 24.4 Å². The fourth-order valence-electron chi connectivity index (χ4n) is 4.58. The van der Waals surface area contributed by atoms with Gasteiger partial charge in [0.05, 0.1) is 28.5 Å². The molecule has 2 aromatic carbocycles. The number of carbonyl (C=O) groups is 1. The Balaban J connectivity index is 1.45. The number of amides is 1. The van der Waals surface area contributed by atoms with Gasteiger partial charge in [0.25, 0.3) is 0 Å². The molecule has 1 aliphatic rings. The second kappa shape index (κ2) is 10.9. The van der Waals surface area contributed by atoms with Crippen LogP contribution in [0.5, 0.6) is 0 Å². The predicted octanol–water partition coefficient (Wildman–Crippen LogP) is 6.49. The molecule has 0 radical (unpaired) electrons. The average Bonchev–Trinajstić information content (AvgIpc) is 3.48. The zero-order valence-electron chi connectivity index (χ0n) is 20.1. The topological polar surface area (TPSA) is 62.2 Å². The second-order valence-electron chi connectivity index (χ2n) is 8.88. The van der Waals surface area contributed by atoms with Gasteiger partial charge in [-0.05, 0) is 73.7 Å². The SMILES string of the molecule is Cc1ccc(NC(=O)CCN2C(=S)N[C@@H](c3ccccn3)[C@H]2c2cccn2-c2ccc(Cl)cc2Cl)cc1. The van der Waals surface area contributed by atoms with E-state index in [1.807, 2.05) is 84.4 Å². The lowest BCUT2D eigenvalue weighted by atomic mass is 10.0. The molecule has 1 amide bonds. The molecule has 2 N–H and O–H groups in total. The molecule has 1 aliphatic heterocycles. The van der Waals surface area contributed by atoms with Crippen LogP contribution in [0, 0.1) is 6.92 Å². The molecular formula is C28H25Cl2N5OS. The van der Waals surface area contributed by atoms with Crippen molar-refractivity contribution in [1.29, 1.82) is 0 Å². The van der Waals surface area contributed by atoms with Gasteiger partial charge in [-0.25, -0.2) is 0 Å². The number of nitrogens with zero attached hydrogens (tertiary/aromatic N) is 3. The first-order valence-electron chi connectivity index (χ1n) is 11.9. The molecule has 1 fully saturated rings. The summed E-state index contributed by atoms with van der Waals surface area (Å²) in [5.41, 5.74) is 4.54. The summed E-state index contributed by atoms with van der Waals surface area (Å²) in [4.78, 5) is 19.5. The number of anilines is 1. The summed E-state index contributed by atoms with van der Waals surface area (Å²) in [6, 6.07) is 22.6. The van der Waals surface area contributed by atoms with Crippen molar-refractivity contribution in [3.05, 3.63) is 112 Å². The van der Waals surface area contributed by atoms with E-state index < -0.39 is 0 Å². The summed E-state index contributed by atoms with van der Waals surface area (Å²) in [5, 5.41) is 8.09. The smallest absolute Gasteiger partial charge is 0.226 e. The minimum absolute atomic E-state index is 0.0807. The van der Waals surface area contributed by atoms with Crippen LogP contribution < -0.4 is 10.6 Å². The third-order valence-electron chi connectivity index (χ3n) is 6.37. The van der Waals surface area contributed by atoms with E-state index in [2.05, 4.69) is 20.5 Å². The number of nitrogens with one attached hydrogen (secondary N) is 2. The lowest BCUT2D eigenvalue weighted by Gasteiger charge is -2.29. The van der Waals surface area contributed by atoms with Gasteiger partial charge in [-0.3, -0.25) is 9.78 Å². The van der Waals surface area contributed by atoms with Gasteiger partial charge < -0.3 is 20.1 Å². The van der Waals surface area contributed by atoms with Crippen molar-refractivity contribution in [1.82, 2.24) is 19.8 Å². The highest BCUT2D eigenvalue weighted by atomic mass is 35.5. The Kier molecular flexibility index (Phi) is 7.46. The highest BCUT2D eigenvalue weighted by Crippen LogP contribution is 2.40. The van der Waals surface area contributed by atoms with Gasteiger partial charge in [0.15, 0.2) is 5.11 Å². The molecule has 37 heavy (non-hydrogen) atoms. The van der Waals surface area contributed by atoms with Gasteiger partial charge in [-0.2, -0.15) is 0 Å². The first kappa shape index (κ1) is 25.3. The van der Waals surface area contributed by atoms with Gasteiger partial charge in [0.1, 0.15) is 0 Å². The van der Waals surface area contributed by atoms with Crippen LogP contribution in [-0.2, 0) is 4.79 Å². The van der Waals surface area contributed by atoms with Crippen molar-refractivity contribution in [2.75, 3.05) is 11.9 Å². The summed E-state index contributed by atoms with van der Waals surface area (Å²) >= 11 is 18.5. The highest BCUT2D eigenvalue weighted by molar-refractivity contribution is 7.80. The van der Waals surface area contributed by atoms with Gasteiger partial charge in [0, 0.05) is 41.8 Å². The fraction of sp³-hybridized carbons (Fsp3) is 0.179. The van der Waals surface area contributed by atoms with Crippen LogP contribution in [0.2, 0.25) is 10.0 Å². The number of hydrogen-bond acceptors (Lipinski definition) is 3. The summed E-state index contributed by atoms with van der Waals surface area (Å²) in [6.45, 7) is 2.44. The zero-order valence-corrected chi connectivity index (χ0v) is 22.4. The Morgan fingerprint density at radius 2 is 1.89 bits per heavy atom. The lowest BCUT2D eigenvalue weighted by Crippen LogP contribution is -2.33. The Morgan fingerprint density at radius 1 is 1.08 bits per heavy atom. The third kappa shape index (κ3) is 5.49. The van der Waals surface area contributed by atoms with Crippen molar-refractivity contribution in [3.63, 3.8) is 0 Å². The van der Waals surface area contributed by atoms with Crippen LogP contribution in [0.1, 0.15) is 35.5 Å². The van der Waals surface area contributed by atoms with Crippen molar-refractivity contribution < 1.29 is 4.79 Å². The number of rotatable bonds is 7. The van der Waals surface area contributed by atoms with E-state index in [0.29, 0.717) is 21.7 Å². The number of pyridine rings is 1. The largest absolute Gasteiger partial charge is 0.352 e. The Morgan fingerprint density at radius 3 is 2.62 bits per heavy atom. The van der Waals surface area contributed by atoms with Gasteiger partial charge in [-0.1, -0.05) is 47.0 Å². The monoisotopic (exact) mass is 549 g/mol. The van der Waals surface area contributed by atoms with E-state index in [1.54, 1.807) is 12.3 Å². The quantitative estimate of drug-likeness (QED) is 0.258. The minimum Gasteiger partial charge on any atom is -0.352 e. The van der Waals surface area contributed by atoms with E-state index >= 15 is 0 Å². The number of aromatic nitrogens is 2. The Bertz CT molecular complexity index is 1420. The average molecular weight is 551 g/mol. The number of aryl methyl sites for hydroxylation is 1. The summed E-state index contributed by atoms with van der Waals surface area (Å²) < 4.78 is 2.04. The maximum Gasteiger partial charge on any atom is 0.226 e. The maximum absolute atomic E-state index is 12.8. The molecule has 0 bridgehead atoms. The first-order chi connectivity index (χ1) is 17.9. The molecule has 2 atom stereocenters. The van der Waals surface area contributed by atoms with Gasteiger partial charge in [-0.15, -0.1) is 0 Å². The zero-order chi connectivity index (χ0) is 25.9. The van der Waals surface area contributed by atoms with Crippen molar-refractivity contribution in [2.45, 2.75) is 25.4 Å². The summed E-state index contributed by atoms with van der Waals surface area (Å²) in [5.74, 6) is -0.0807. The number of carbonyl (C=O) groups excluding carboxylic acids is 1.